The van der Waals surface area contributed by atoms with E-state index in [1.54, 1.807) is 12.5 Å². The Morgan fingerprint density at radius 2 is 2.31 bits per heavy atom. The third-order valence-corrected chi connectivity index (χ3v) is 2.72. The van der Waals surface area contributed by atoms with Crippen molar-refractivity contribution in [3.63, 3.8) is 0 Å². The van der Waals surface area contributed by atoms with Crippen LogP contribution >= 0.6 is 0 Å². The molecule has 0 saturated carbocycles. The molecule has 1 fully saturated rings. The molecule has 0 bridgehead atoms. The second-order valence-corrected chi connectivity index (χ2v) is 3.65. The number of rotatable bonds is 1. The molecule has 2 heterocycles. The van der Waals surface area contributed by atoms with E-state index >= 15 is 0 Å². The molecule has 3 nitrogen and oxygen atoms in total. The summed E-state index contributed by atoms with van der Waals surface area (Å²) in [5, 5.41) is 13.6. The second kappa shape index (κ2) is 3.52. The van der Waals surface area contributed by atoms with Gasteiger partial charge in [0, 0.05) is 5.56 Å². The smallest absolute Gasteiger partial charge is 0.0963 e. The van der Waals surface area contributed by atoms with Gasteiger partial charge in [-0.3, -0.25) is 0 Å². The van der Waals surface area contributed by atoms with Gasteiger partial charge in [0.15, 0.2) is 0 Å². The Hall–Kier alpha value is -0.800. The highest BCUT2D eigenvalue weighted by atomic mass is 16.3. The van der Waals surface area contributed by atoms with Crippen LogP contribution in [0, 0.1) is 0 Å². The molecule has 1 aromatic rings. The molecule has 0 aliphatic carbocycles. The first-order valence-electron chi connectivity index (χ1n) is 4.77. The van der Waals surface area contributed by atoms with Gasteiger partial charge in [-0.15, -0.1) is 0 Å². The van der Waals surface area contributed by atoms with Crippen molar-refractivity contribution < 1.29 is 9.52 Å². The average Bonchev–Trinajstić information content (AvgIpc) is 2.57. The zero-order valence-electron chi connectivity index (χ0n) is 7.62. The molecule has 2 rings (SSSR count). The predicted octanol–water partition coefficient (Wildman–Crippen LogP) is 1.24. The lowest BCUT2D eigenvalue weighted by molar-refractivity contribution is 0.0235. The number of hydrogen-bond donors (Lipinski definition) is 2. The number of nitrogens with one attached hydrogen (secondary N) is 1. The molecule has 1 aromatic heterocycles. The molecule has 0 radical (unpaired) electrons. The summed E-state index contributed by atoms with van der Waals surface area (Å²) in [6.45, 7) is 1.88. The van der Waals surface area contributed by atoms with Crippen molar-refractivity contribution in [3.05, 3.63) is 24.2 Å². The summed E-state index contributed by atoms with van der Waals surface area (Å²) in [5.41, 5.74) is 0.243. The molecule has 3 heteroatoms. The van der Waals surface area contributed by atoms with E-state index in [1.165, 1.54) is 0 Å². The summed E-state index contributed by atoms with van der Waals surface area (Å²) < 4.78 is 4.99. The van der Waals surface area contributed by atoms with Gasteiger partial charge in [-0.1, -0.05) is 0 Å². The molecule has 1 atom stereocenters. The lowest BCUT2D eigenvalue weighted by Crippen LogP contribution is -2.26. The predicted molar refractivity (Wildman–Crippen MR) is 49.3 cm³/mol. The minimum absolute atomic E-state index is 0.670. The Kier molecular flexibility index (Phi) is 2.38. The minimum atomic E-state index is -0.670. The van der Waals surface area contributed by atoms with Gasteiger partial charge in [0.25, 0.3) is 0 Å². The number of hydrogen-bond acceptors (Lipinski definition) is 3. The van der Waals surface area contributed by atoms with Gasteiger partial charge in [-0.05, 0) is 38.4 Å². The van der Waals surface area contributed by atoms with Crippen LogP contribution in [-0.2, 0) is 5.60 Å². The van der Waals surface area contributed by atoms with E-state index in [-0.39, 0.29) is 0 Å². The normalized spacial score (nSPS) is 29.9. The van der Waals surface area contributed by atoms with Crippen LogP contribution in [0.1, 0.15) is 24.8 Å². The van der Waals surface area contributed by atoms with Crippen molar-refractivity contribution in [2.45, 2.75) is 24.9 Å². The van der Waals surface area contributed by atoms with E-state index in [2.05, 4.69) is 5.32 Å². The van der Waals surface area contributed by atoms with E-state index in [9.17, 15) is 5.11 Å². The molecule has 1 unspecified atom stereocenters. The van der Waals surface area contributed by atoms with Crippen LogP contribution in [0.4, 0.5) is 0 Å². The molecule has 0 aromatic carbocycles. The maximum atomic E-state index is 10.3. The molecule has 1 aliphatic rings. The number of aliphatic hydroxyl groups is 1. The van der Waals surface area contributed by atoms with Crippen LogP contribution in [0.5, 0.6) is 0 Å². The fourth-order valence-electron chi connectivity index (χ4n) is 1.87. The monoisotopic (exact) mass is 181 g/mol. The quantitative estimate of drug-likeness (QED) is 0.685. The summed E-state index contributed by atoms with van der Waals surface area (Å²) in [7, 11) is 0. The number of furan rings is 1. The zero-order chi connectivity index (χ0) is 9.15. The van der Waals surface area contributed by atoms with Gasteiger partial charge in [0.05, 0.1) is 18.1 Å². The van der Waals surface area contributed by atoms with Crippen molar-refractivity contribution in [3.8, 4) is 0 Å². The highest BCUT2D eigenvalue weighted by Crippen LogP contribution is 2.31. The Morgan fingerprint density at radius 3 is 3.08 bits per heavy atom. The molecule has 1 saturated heterocycles. The minimum Gasteiger partial charge on any atom is -0.472 e. The molecule has 72 valence electrons. The lowest BCUT2D eigenvalue weighted by Gasteiger charge is -2.24. The third-order valence-electron chi connectivity index (χ3n) is 2.72. The highest BCUT2D eigenvalue weighted by Gasteiger charge is 2.30. The lowest BCUT2D eigenvalue weighted by atomic mass is 9.89. The third kappa shape index (κ3) is 1.76. The Balaban J connectivity index is 2.17. The molecule has 1 aliphatic heterocycles. The van der Waals surface area contributed by atoms with Gasteiger partial charge in [-0.25, -0.2) is 0 Å². The van der Waals surface area contributed by atoms with Crippen molar-refractivity contribution in [1.29, 1.82) is 0 Å². The maximum absolute atomic E-state index is 10.3. The molecule has 0 amide bonds. The maximum Gasteiger partial charge on any atom is 0.0963 e. The topological polar surface area (TPSA) is 45.4 Å². The molecular weight excluding hydrogens is 166 g/mol. The molecule has 0 spiro atoms. The molecular formula is C10H15NO2. The summed E-state index contributed by atoms with van der Waals surface area (Å²) in [5.74, 6) is 0. The van der Waals surface area contributed by atoms with E-state index < -0.39 is 5.60 Å². The molecule has 13 heavy (non-hydrogen) atoms. The second-order valence-electron chi connectivity index (χ2n) is 3.65. The fraction of sp³-hybridized carbons (Fsp3) is 0.600. The van der Waals surface area contributed by atoms with Crippen LogP contribution in [0.15, 0.2) is 23.0 Å². The van der Waals surface area contributed by atoms with Crippen molar-refractivity contribution >= 4 is 0 Å². The van der Waals surface area contributed by atoms with Crippen molar-refractivity contribution in [2.75, 3.05) is 13.1 Å². The van der Waals surface area contributed by atoms with Crippen LogP contribution in [0.3, 0.4) is 0 Å². The first kappa shape index (κ1) is 8.78. The molecule has 2 N–H and O–H groups in total. The SMILES string of the molecule is OC1(c2ccoc2)CCCNCC1. The van der Waals surface area contributed by atoms with Gasteiger partial charge in [-0.2, -0.15) is 0 Å². The van der Waals surface area contributed by atoms with Crippen LogP contribution in [-0.4, -0.2) is 18.2 Å². The van der Waals surface area contributed by atoms with E-state index in [0.717, 1.165) is 37.9 Å². The van der Waals surface area contributed by atoms with E-state index in [4.69, 9.17) is 4.42 Å². The summed E-state index contributed by atoms with van der Waals surface area (Å²) >= 11 is 0. The fourth-order valence-corrected chi connectivity index (χ4v) is 1.87. The van der Waals surface area contributed by atoms with Crippen molar-refractivity contribution in [2.24, 2.45) is 0 Å². The van der Waals surface area contributed by atoms with Crippen molar-refractivity contribution in [1.82, 2.24) is 5.32 Å². The Labute approximate surface area is 77.8 Å². The average molecular weight is 181 g/mol. The van der Waals surface area contributed by atoms with E-state index in [1.807, 2.05) is 6.07 Å². The first-order chi connectivity index (χ1) is 6.31. The summed E-state index contributed by atoms with van der Waals surface area (Å²) in [6, 6.07) is 1.85. The summed E-state index contributed by atoms with van der Waals surface area (Å²) in [6.07, 6.45) is 5.87. The van der Waals surface area contributed by atoms with Gasteiger partial charge < -0.3 is 14.8 Å². The van der Waals surface area contributed by atoms with Gasteiger partial charge in [0.2, 0.25) is 0 Å². The van der Waals surface area contributed by atoms with Gasteiger partial charge >= 0.3 is 0 Å². The van der Waals surface area contributed by atoms with Crippen LogP contribution in [0.25, 0.3) is 0 Å². The highest BCUT2D eigenvalue weighted by molar-refractivity contribution is 5.16. The Bertz CT molecular complexity index is 248. The Morgan fingerprint density at radius 1 is 1.38 bits per heavy atom. The summed E-state index contributed by atoms with van der Waals surface area (Å²) in [4.78, 5) is 0. The van der Waals surface area contributed by atoms with Gasteiger partial charge in [0.1, 0.15) is 0 Å². The van der Waals surface area contributed by atoms with Crippen LogP contribution in [0.2, 0.25) is 0 Å². The van der Waals surface area contributed by atoms with E-state index in [0.29, 0.717) is 0 Å². The first-order valence-corrected chi connectivity index (χ1v) is 4.77. The standard InChI is InChI=1S/C10H15NO2/c12-10(9-2-7-13-8-9)3-1-5-11-6-4-10/h2,7-8,11-12H,1,3-6H2. The largest absolute Gasteiger partial charge is 0.472 e. The zero-order valence-corrected chi connectivity index (χ0v) is 7.62. The van der Waals surface area contributed by atoms with Crippen LogP contribution < -0.4 is 5.32 Å².